The van der Waals surface area contributed by atoms with Crippen molar-refractivity contribution >= 4 is 17.4 Å². The molecule has 1 aliphatic rings. The molecule has 0 spiro atoms. The summed E-state index contributed by atoms with van der Waals surface area (Å²) in [4.78, 5) is 9.25. The molecule has 21 heavy (non-hydrogen) atoms. The van der Waals surface area contributed by atoms with E-state index >= 15 is 0 Å². The van der Waals surface area contributed by atoms with Gasteiger partial charge in [0.15, 0.2) is 5.82 Å². The van der Waals surface area contributed by atoms with Gasteiger partial charge in [0, 0.05) is 23.4 Å². The third kappa shape index (κ3) is 2.86. The van der Waals surface area contributed by atoms with Crippen LogP contribution in [0.25, 0.3) is 11.4 Å². The fourth-order valence-corrected chi connectivity index (χ4v) is 2.77. The average molecular weight is 306 g/mol. The third-order valence-electron chi connectivity index (χ3n) is 3.65. The summed E-state index contributed by atoms with van der Waals surface area (Å²) in [5, 5.41) is 3.47. The van der Waals surface area contributed by atoms with Crippen LogP contribution in [0.1, 0.15) is 31.0 Å². The van der Waals surface area contributed by atoms with Crippen molar-refractivity contribution in [1.29, 1.82) is 0 Å². The van der Waals surface area contributed by atoms with Crippen molar-refractivity contribution in [2.24, 2.45) is 0 Å². The number of benzene rings is 1. The Morgan fingerprint density at radius 1 is 1.29 bits per heavy atom. The molecule has 3 rings (SSSR count). The quantitative estimate of drug-likeness (QED) is 0.917. The van der Waals surface area contributed by atoms with Crippen LogP contribution < -0.4 is 5.32 Å². The van der Waals surface area contributed by atoms with Gasteiger partial charge in [-0.25, -0.2) is 14.4 Å². The van der Waals surface area contributed by atoms with E-state index in [0.29, 0.717) is 5.82 Å². The lowest BCUT2D eigenvalue weighted by Gasteiger charge is -2.12. The van der Waals surface area contributed by atoms with E-state index in [9.17, 15) is 4.39 Å². The van der Waals surface area contributed by atoms with Crippen LogP contribution >= 0.6 is 11.6 Å². The minimum Gasteiger partial charge on any atom is -0.370 e. The zero-order valence-corrected chi connectivity index (χ0v) is 12.7. The van der Waals surface area contributed by atoms with Crippen LogP contribution in [0.15, 0.2) is 18.2 Å². The van der Waals surface area contributed by atoms with Gasteiger partial charge in [-0.3, -0.25) is 0 Å². The smallest absolute Gasteiger partial charge is 0.161 e. The topological polar surface area (TPSA) is 37.8 Å². The first kappa shape index (κ1) is 14.3. The minimum absolute atomic E-state index is 0.0969. The van der Waals surface area contributed by atoms with Gasteiger partial charge in [-0.1, -0.05) is 18.5 Å². The van der Waals surface area contributed by atoms with Crippen LogP contribution in [-0.2, 0) is 12.8 Å². The number of nitrogens with one attached hydrogen (secondary N) is 1. The number of rotatable bonds is 4. The Labute approximate surface area is 128 Å². The summed E-state index contributed by atoms with van der Waals surface area (Å²) in [6, 6.07) is 4.60. The first-order chi connectivity index (χ1) is 10.2. The lowest BCUT2D eigenvalue weighted by molar-refractivity contribution is 0.628. The molecule has 0 amide bonds. The summed E-state index contributed by atoms with van der Waals surface area (Å²) in [6.07, 6.45) is 4.14. The molecule has 3 nitrogen and oxygen atoms in total. The highest BCUT2D eigenvalue weighted by Crippen LogP contribution is 2.30. The molecule has 1 aliphatic carbocycles. The van der Waals surface area contributed by atoms with Crippen molar-refractivity contribution in [2.75, 3.05) is 11.9 Å². The first-order valence-corrected chi connectivity index (χ1v) is 7.66. The van der Waals surface area contributed by atoms with Gasteiger partial charge in [0.2, 0.25) is 0 Å². The molecule has 0 atom stereocenters. The van der Waals surface area contributed by atoms with Gasteiger partial charge in [-0.2, -0.15) is 0 Å². The van der Waals surface area contributed by atoms with E-state index in [-0.39, 0.29) is 5.02 Å². The maximum Gasteiger partial charge on any atom is 0.161 e. The number of hydrogen-bond acceptors (Lipinski definition) is 3. The predicted octanol–water partition coefficient (Wildman–Crippen LogP) is 4.25. The van der Waals surface area contributed by atoms with Crippen molar-refractivity contribution in [2.45, 2.75) is 32.6 Å². The zero-order valence-electron chi connectivity index (χ0n) is 11.9. The number of anilines is 1. The summed E-state index contributed by atoms with van der Waals surface area (Å²) in [6.45, 7) is 3.00. The number of halogens is 2. The Balaban J connectivity index is 2.04. The molecule has 1 N–H and O–H groups in total. The van der Waals surface area contributed by atoms with Crippen molar-refractivity contribution < 1.29 is 4.39 Å². The molecular weight excluding hydrogens is 289 g/mol. The van der Waals surface area contributed by atoms with Gasteiger partial charge in [-0.15, -0.1) is 0 Å². The summed E-state index contributed by atoms with van der Waals surface area (Å²) in [5.41, 5.74) is 3.06. The Hall–Kier alpha value is -1.68. The molecule has 0 unspecified atom stereocenters. The van der Waals surface area contributed by atoms with E-state index < -0.39 is 5.82 Å². The van der Waals surface area contributed by atoms with Gasteiger partial charge in [0.05, 0.1) is 5.02 Å². The van der Waals surface area contributed by atoms with Gasteiger partial charge in [0.25, 0.3) is 0 Å². The van der Waals surface area contributed by atoms with Crippen molar-refractivity contribution in [3.05, 3.63) is 40.3 Å². The number of hydrogen-bond donors (Lipinski definition) is 1. The monoisotopic (exact) mass is 305 g/mol. The van der Waals surface area contributed by atoms with E-state index in [1.54, 1.807) is 12.1 Å². The minimum atomic E-state index is -0.425. The van der Waals surface area contributed by atoms with E-state index in [1.807, 2.05) is 0 Å². The van der Waals surface area contributed by atoms with Crippen molar-refractivity contribution in [3.8, 4) is 11.4 Å². The normalized spacial score (nSPS) is 13.3. The molecule has 0 bridgehead atoms. The average Bonchev–Trinajstić information content (AvgIpc) is 2.96. The SMILES string of the molecule is CCCNc1nc(-c2ccc(F)c(Cl)c2)nc2c1CCC2. The maximum atomic E-state index is 13.3. The molecule has 0 saturated heterocycles. The molecule has 0 radical (unpaired) electrons. The number of aryl methyl sites for hydroxylation is 1. The molecule has 5 heteroatoms. The molecule has 2 aromatic rings. The molecule has 0 saturated carbocycles. The number of nitrogens with zero attached hydrogens (tertiary/aromatic N) is 2. The van der Waals surface area contributed by atoms with Gasteiger partial charge < -0.3 is 5.32 Å². The second-order valence-electron chi connectivity index (χ2n) is 5.23. The van der Waals surface area contributed by atoms with E-state index in [4.69, 9.17) is 11.6 Å². The van der Waals surface area contributed by atoms with E-state index in [1.165, 1.54) is 11.6 Å². The molecule has 1 aromatic carbocycles. The standard InChI is InChI=1S/C16H17ClFN3/c1-2-8-19-16-11-4-3-5-14(11)20-15(21-16)10-6-7-13(18)12(17)9-10/h6-7,9H,2-5,8H2,1H3,(H,19,20,21). The Morgan fingerprint density at radius 2 is 2.14 bits per heavy atom. The van der Waals surface area contributed by atoms with Crippen LogP contribution in [0, 0.1) is 5.82 Å². The fraction of sp³-hybridized carbons (Fsp3) is 0.375. The molecule has 0 fully saturated rings. The highest BCUT2D eigenvalue weighted by atomic mass is 35.5. The van der Waals surface area contributed by atoms with Gasteiger partial charge >= 0.3 is 0 Å². The second kappa shape index (κ2) is 5.98. The van der Waals surface area contributed by atoms with Crippen LogP contribution in [0.5, 0.6) is 0 Å². The van der Waals surface area contributed by atoms with Gasteiger partial charge in [-0.05, 0) is 43.9 Å². The highest BCUT2D eigenvalue weighted by Gasteiger charge is 2.20. The molecule has 0 aliphatic heterocycles. The summed E-state index contributed by atoms with van der Waals surface area (Å²) < 4.78 is 13.3. The maximum absolute atomic E-state index is 13.3. The molecule has 110 valence electrons. The van der Waals surface area contributed by atoms with Crippen LogP contribution in [-0.4, -0.2) is 16.5 Å². The van der Waals surface area contributed by atoms with Crippen molar-refractivity contribution in [1.82, 2.24) is 9.97 Å². The predicted molar refractivity (Wildman–Crippen MR) is 83.2 cm³/mol. The molecular formula is C16H17ClFN3. The van der Waals surface area contributed by atoms with E-state index in [0.717, 1.165) is 49.3 Å². The first-order valence-electron chi connectivity index (χ1n) is 7.28. The third-order valence-corrected chi connectivity index (χ3v) is 3.94. The zero-order chi connectivity index (χ0) is 14.8. The summed E-state index contributed by atoms with van der Waals surface area (Å²) in [7, 11) is 0. The highest BCUT2D eigenvalue weighted by molar-refractivity contribution is 6.31. The van der Waals surface area contributed by atoms with Crippen molar-refractivity contribution in [3.63, 3.8) is 0 Å². The van der Waals surface area contributed by atoms with E-state index in [2.05, 4.69) is 22.2 Å². The molecule has 1 aromatic heterocycles. The lowest BCUT2D eigenvalue weighted by Crippen LogP contribution is -2.08. The van der Waals surface area contributed by atoms with Crippen LogP contribution in [0.2, 0.25) is 5.02 Å². The van der Waals surface area contributed by atoms with Gasteiger partial charge in [0.1, 0.15) is 11.6 Å². The van der Waals surface area contributed by atoms with Crippen LogP contribution in [0.4, 0.5) is 10.2 Å². The summed E-state index contributed by atoms with van der Waals surface area (Å²) in [5.74, 6) is 1.09. The Morgan fingerprint density at radius 3 is 2.90 bits per heavy atom. The Bertz CT molecular complexity index is 673. The number of aromatic nitrogens is 2. The number of fused-ring (bicyclic) bond motifs is 1. The Kier molecular flexibility index (Phi) is 4.06. The van der Waals surface area contributed by atoms with Crippen LogP contribution in [0.3, 0.4) is 0 Å². The lowest BCUT2D eigenvalue weighted by atomic mass is 10.1. The largest absolute Gasteiger partial charge is 0.370 e. The second-order valence-corrected chi connectivity index (χ2v) is 5.64. The summed E-state index contributed by atoms with van der Waals surface area (Å²) >= 11 is 5.86. The fourth-order valence-electron chi connectivity index (χ4n) is 2.59. The molecule has 1 heterocycles.